The Morgan fingerprint density at radius 1 is 1.00 bits per heavy atom. The van der Waals surface area contributed by atoms with E-state index >= 15 is 0 Å². The molecule has 9 N–H and O–H groups in total. The zero-order valence-electron chi connectivity index (χ0n) is 11.4. The summed E-state index contributed by atoms with van der Waals surface area (Å²) < 4.78 is 0. The van der Waals surface area contributed by atoms with Crippen LogP contribution in [0.25, 0.3) is 0 Å². The standard InChI is InChI=1S/C12H26N2O6/c13-5-3-1-2-4-7(14)9(17)11(19)12(20)10(18)8(16)6-15/h7-8,10-12,15-16,18-20H,1-6,13-14H2/t7?,8-,10-,11+,12+/m1/s1. The molecule has 0 rings (SSSR count). The van der Waals surface area contributed by atoms with Crippen LogP contribution in [0.15, 0.2) is 0 Å². The molecule has 0 saturated carbocycles. The predicted molar refractivity (Wildman–Crippen MR) is 71.6 cm³/mol. The smallest absolute Gasteiger partial charge is 0.180 e. The molecule has 0 spiro atoms. The monoisotopic (exact) mass is 294 g/mol. The SMILES string of the molecule is NCCCCCC(N)C(=O)[C@H](O)[C@@H](O)[C@H](O)[C@H](O)CO. The summed E-state index contributed by atoms with van der Waals surface area (Å²) >= 11 is 0. The second-order valence-corrected chi connectivity index (χ2v) is 4.82. The molecule has 0 aromatic rings. The van der Waals surface area contributed by atoms with Crippen LogP contribution in [-0.2, 0) is 4.79 Å². The van der Waals surface area contributed by atoms with Crippen molar-refractivity contribution >= 4 is 5.78 Å². The van der Waals surface area contributed by atoms with Crippen LogP contribution in [0.4, 0.5) is 0 Å². The lowest BCUT2D eigenvalue weighted by Gasteiger charge is -2.26. The molecule has 0 aliphatic heterocycles. The number of aliphatic hydroxyl groups excluding tert-OH is 5. The zero-order valence-corrected chi connectivity index (χ0v) is 11.4. The van der Waals surface area contributed by atoms with E-state index in [2.05, 4.69) is 0 Å². The van der Waals surface area contributed by atoms with Crippen LogP contribution in [0.5, 0.6) is 0 Å². The van der Waals surface area contributed by atoms with Gasteiger partial charge in [0.1, 0.15) is 24.4 Å². The molecule has 8 nitrogen and oxygen atoms in total. The van der Waals surface area contributed by atoms with Crippen LogP contribution in [-0.4, -0.2) is 74.9 Å². The molecule has 8 heteroatoms. The summed E-state index contributed by atoms with van der Waals surface area (Å²) in [6.07, 6.45) is -4.67. The maximum atomic E-state index is 11.7. The average molecular weight is 294 g/mol. The zero-order chi connectivity index (χ0) is 15.7. The highest BCUT2D eigenvalue weighted by molar-refractivity contribution is 5.88. The number of unbranched alkanes of at least 4 members (excludes halogenated alkanes) is 2. The summed E-state index contributed by atoms with van der Waals surface area (Å²) in [7, 11) is 0. The number of ketones is 1. The van der Waals surface area contributed by atoms with Gasteiger partial charge in [0, 0.05) is 0 Å². The largest absolute Gasteiger partial charge is 0.394 e. The van der Waals surface area contributed by atoms with E-state index in [0.717, 1.165) is 12.8 Å². The van der Waals surface area contributed by atoms with Gasteiger partial charge < -0.3 is 37.0 Å². The van der Waals surface area contributed by atoms with Crippen molar-refractivity contribution < 1.29 is 30.3 Å². The third-order valence-electron chi connectivity index (χ3n) is 3.13. The number of nitrogens with two attached hydrogens (primary N) is 2. The first-order valence-electron chi connectivity index (χ1n) is 6.69. The van der Waals surface area contributed by atoms with Crippen LogP contribution in [0, 0.1) is 0 Å². The van der Waals surface area contributed by atoms with Gasteiger partial charge in [-0.15, -0.1) is 0 Å². The van der Waals surface area contributed by atoms with Gasteiger partial charge in [0.05, 0.1) is 12.6 Å². The molecule has 120 valence electrons. The number of hydrogen-bond donors (Lipinski definition) is 7. The van der Waals surface area contributed by atoms with E-state index in [1.807, 2.05) is 0 Å². The van der Waals surface area contributed by atoms with Crippen molar-refractivity contribution in [3.05, 3.63) is 0 Å². The lowest BCUT2D eigenvalue weighted by atomic mass is 9.94. The number of carbonyl (C=O) groups excluding carboxylic acids is 1. The molecular weight excluding hydrogens is 268 g/mol. The number of carbonyl (C=O) groups is 1. The fourth-order valence-electron chi connectivity index (χ4n) is 1.74. The van der Waals surface area contributed by atoms with Gasteiger partial charge in [-0.1, -0.05) is 12.8 Å². The molecular formula is C12H26N2O6. The maximum Gasteiger partial charge on any atom is 0.180 e. The Morgan fingerprint density at radius 3 is 2.10 bits per heavy atom. The predicted octanol–water partition coefficient (Wildman–Crippen LogP) is -3.16. The lowest BCUT2D eigenvalue weighted by molar-refractivity contribution is -0.148. The summed E-state index contributed by atoms with van der Waals surface area (Å²) in [6.45, 7) is -0.250. The Hall–Kier alpha value is -0.610. The van der Waals surface area contributed by atoms with Gasteiger partial charge in [0.25, 0.3) is 0 Å². The van der Waals surface area contributed by atoms with Gasteiger partial charge >= 0.3 is 0 Å². The van der Waals surface area contributed by atoms with E-state index in [1.54, 1.807) is 0 Å². The van der Waals surface area contributed by atoms with Crippen molar-refractivity contribution in [2.24, 2.45) is 11.5 Å². The average Bonchev–Trinajstić information content (AvgIpc) is 2.47. The molecule has 1 unspecified atom stereocenters. The van der Waals surface area contributed by atoms with Crippen molar-refractivity contribution in [1.82, 2.24) is 0 Å². The number of hydrogen-bond acceptors (Lipinski definition) is 8. The lowest BCUT2D eigenvalue weighted by Crippen LogP contribution is -2.52. The van der Waals surface area contributed by atoms with Gasteiger partial charge in [-0.2, -0.15) is 0 Å². The highest BCUT2D eigenvalue weighted by Gasteiger charge is 2.35. The fraction of sp³-hybridized carbons (Fsp3) is 0.917. The number of aliphatic hydroxyl groups is 5. The van der Waals surface area contributed by atoms with E-state index in [9.17, 15) is 20.1 Å². The Balaban J connectivity index is 4.30. The Kier molecular flexibility index (Phi) is 9.86. The van der Waals surface area contributed by atoms with Gasteiger partial charge in [-0.3, -0.25) is 4.79 Å². The third kappa shape index (κ3) is 6.23. The summed E-state index contributed by atoms with van der Waals surface area (Å²) in [5, 5.41) is 46.3. The van der Waals surface area contributed by atoms with Gasteiger partial charge in [0.15, 0.2) is 5.78 Å². The topological polar surface area (TPSA) is 170 Å². The summed E-state index contributed by atoms with van der Waals surface area (Å²) in [6, 6.07) is -0.962. The molecule has 0 amide bonds. The maximum absolute atomic E-state index is 11.7. The quantitative estimate of drug-likeness (QED) is 0.196. The Bertz CT molecular complexity index is 279. The highest BCUT2D eigenvalue weighted by atomic mass is 16.4. The van der Waals surface area contributed by atoms with Crippen LogP contribution >= 0.6 is 0 Å². The Morgan fingerprint density at radius 2 is 1.60 bits per heavy atom. The van der Waals surface area contributed by atoms with Crippen LogP contribution in [0.2, 0.25) is 0 Å². The molecule has 0 heterocycles. The molecule has 0 fully saturated rings. The molecule has 0 bridgehead atoms. The van der Waals surface area contributed by atoms with Gasteiger partial charge in [0.2, 0.25) is 0 Å². The van der Waals surface area contributed by atoms with Gasteiger partial charge in [-0.25, -0.2) is 0 Å². The van der Waals surface area contributed by atoms with E-state index in [-0.39, 0.29) is 0 Å². The molecule has 0 aliphatic carbocycles. The molecule has 0 radical (unpaired) electrons. The minimum Gasteiger partial charge on any atom is -0.394 e. The number of Topliss-reactive ketones (excluding diaryl/α,β-unsaturated/α-hetero) is 1. The Labute approximate surface area is 118 Å². The van der Waals surface area contributed by atoms with E-state index in [1.165, 1.54) is 0 Å². The fourth-order valence-corrected chi connectivity index (χ4v) is 1.74. The molecule has 0 saturated heterocycles. The van der Waals surface area contributed by atoms with Crippen molar-refractivity contribution in [2.75, 3.05) is 13.2 Å². The third-order valence-corrected chi connectivity index (χ3v) is 3.13. The van der Waals surface area contributed by atoms with Crippen molar-refractivity contribution in [2.45, 2.75) is 56.1 Å². The summed E-state index contributed by atoms with van der Waals surface area (Å²) in [4.78, 5) is 11.7. The molecule has 0 aromatic heterocycles. The second-order valence-electron chi connectivity index (χ2n) is 4.82. The van der Waals surface area contributed by atoms with E-state index < -0.39 is 42.8 Å². The normalized spacial score (nSPS) is 19.1. The van der Waals surface area contributed by atoms with Crippen LogP contribution in [0.3, 0.4) is 0 Å². The van der Waals surface area contributed by atoms with Gasteiger partial charge in [-0.05, 0) is 19.4 Å². The minimum atomic E-state index is -1.91. The van der Waals surface area contributed by atoms with Crippen molar-refractivity contribution in [3.63, 3.8) is 0 Å². The summed E-state index contributed by atoms with van der Waals surface area (Å²) in [5.41, 5.74) is 10.9. The summed E-state index contributed by atoms with van der Waals surface area (Å²) in [5.74, 6) is -0.811. The second kappa shape index (κ2) is 10.2. The molecule has 0 aliphatic rings. The van der Waals surface area contributed by atoms with Crippen LogP contribution in [0.1, 0.15) is 25.7 Å². The van der Waals surface area contributed by atoms with Crippen molar-refractivity contribution in [1.29, 1.82) is 0 Å². The highest BCUT2D eigenvalue weighted by Crippen LogP contribution is 2.10. The molecule has 0 aromatic carbocycles. The first-order valence-corrected chi connectivity index (χ1v) is 6.69. The molecule has 20 heavy (non-hydrogen) atoms. The minimum absolute atomic E-state index is 0.335. The van der Waals surface area contributed by atoms with E-state index in [0.29, 0.717) is 19.4 Å². The first kappa shape index (κ1) is 19.4. The molecule has 5 atom stereocenters. The first-order chi connectivity index (χ1) is 9.36. The van der Waals surface area contributed by atoms with Crippen LogP contribution < -0.4 is 11.5 Å². The number of rotatable bonds is 11. The van der Waals surface area contributed by atoms with Crippen molar-refractivity contribution in [3.8, 4) is 0 Å². The van der Waals surface area contributed by atoms with E-state index in [4.69, 9.17) is 21.7 Å².